The lowest BCUT2D eigenvalue weighted by atomic mass is 9.99. The Kier molecular flexibility index (Phi) is 4.02. The molecule has 1 aromatic heterocycles. The van der Waals surface area contributed by atoms with Crippen LogP contribution in [0.4, 0.5) is 0 Å². The van der Waals surface area contributed by atoms with E-state index in [0.29, 0.717) is 0 Å². The van der Waals surface area contributed by atoms with Crippen molar-refractivity contribution in [2.75, 3.05) is 6.54 Å². The molecule has 0 bridgehead atoms. The number of carbonyl (C=O) groups excluding carboxylic acids is 1. The number of nitrogens with zero attached hydrogens (tertiary/aromatic N) is 1. The molecule has 0 saturated carbocycles. The van der Waals surface area contributed by atoms with Gasteiger partial charge in [-0.2, -0.15) is 0 Å². The SMILES string of the molecule is CC(C(=O)OC(C)(C)C)N1CCc2sccc2C1C. The first-order chi connectivity index (χ1) is 8.79. The summed E-state index contributed by atoms with van der Waals surface area (Å²) in [5.41, 5.74) is 0.949. The van der Waals surface area contributed by atoms with Gasteiger partial charge in [0.2, 0.25) is 0 Å². The summed E-state index contributed by atoms with van der Waals surface area (Å²) in [7, 11) is 0. The second-order valence-corrected chi connectivity index (χ2v) is 7.17. The minimum atomic E-state index is -0.419. The summed E-state index contributed by atoms with van der Waals surface area (Å²) in [5.74, 6) is -0.127. The lowest BCUT2D eigenvalue weighted by Crippen LogP contribution is -2.46. The Morgan fingerprint density at radius 2 is 2.21 bits per heavy atom. The van der Waals surface area contributed by atoms with E-state index < -0.39 is 5.60 Å². The third-order valence-electron chi connectivity index (χ3n) is 3.57. The lowest BCUT2D eigenvalue weighted by Gasteiger charge is -2.37. The van der Waals surface area contributed by atoms with Crippen LogP contribution >= 0.6 is 11.3 Å². The van der Waals surface area contributed by atoms with Crippen LogP contribution in [0.2, 0.25) is 0 Å². The quantitative estimate of drug-likeness (QED) is 0.778. The summed E-state index contributed by atoms with van der Waals surface area (Å²) in [6.07, 6.45) is 1.03. The topological polar surface area (TPSA) is 29.5 Å². The zero-order chi connectivity index (χ0) is 14.2. The van der Waals surface area contributed by atoms with Gasteiger partial charge >= 0.3 is 5.97 Å². The first-order valence-corrected chi connectivity index (χ1v) is 7.72. The van der Waals surface area contributed by atoms with Crippen molar-refractivity contribution in [1.82, 2.24) is 4.90 Å². The van der Waals surface area contributed by atoms with Crippen molar-refractivity contribution in [2.45, 2.75) is 58.7 Å². The smallest absolute Gasteiger partial charge is 0.323 e. The summed E-state index contributed by atoms with van der Waals surface area (Å²) in [4.78, 5) is 15.9. The van der Waals surface area contributed by atoms with Crippen LogP contribution in [0.3, 0.4) is 0 Å². The Morgan fingerprint density at radius 3 is 2.84 bits per heavy atom. The fraction of sp³-hybridized carbons (Fsp3) is 0.667. The number of rotatable bonds is 2. The fourth-order valence-electron chi connectivity index (χ4n) is 2.58. The molecular formula is C15H23NO2S. The molecule has 1 aliphatic heterocycles. The third kappa shape index (κ3) is 3.18. The molecule has 1 aliphatic rings. The highest BCUT2D eigenvalue weighted by molar-refractivity contribution is 7.10. The molecule has 0 fully saturated rings. The van der Waals surface area contributed by atoms with Crippen LogP contribution in [0.1, 0.15) is 51.1 Å². The van der Waals surface area contributed by atoms with Crippen molar-refractivity contribution in [1.29, 1.82) is 0 Å². The van der Waals surface area contributed by atoms with E-state index in [1.54, 1.807) is 0 Å². The number of esters is 1. The standard InChI is InChI=1S/C15H23NO2S/c1-10-12-7-9-19-13(12)6-8-16(10)11(2)14(17)18-15(3,4)5/h7,9-11H,6,8H2,1-5H3. The summed E-state index contributed by atoms with van der Waals surface area (Å²) in [6, 6.07) is 2.28. The average molecular weight is 281 g/mol. The second-order valence-electron chi connectivity index (χ2n) is 6.17. The first kappa shape index (κ1) is 14.5. The Balaban J connectivity index is 2.09. The molecule has 0 aliphatic carbocycles. The number of thiophene rings is 1. The van der Waals surface area contributed by atoms with Gasteiger partial charge in [-0.05, 0) is 58.0 Å². The maximum atomic E-state index is 12.2. The van der Waals surface area contributed by atoms with Crippen LogP contribution in [0.25, 0.3) is 0 Å². The van der Waals surface area contributed by atoms with E-state index in [4.69, 9.17) is 4.74 Å². The monoisotopic (exact) mass is 281 g/mol. The second kappa shape index (κ2) is 5.25. The van der Waals surface area contributed by atoms with Crippen molar-refractivity contribution in [2.24, 2.45) is 0 Å². The molecule has 19 heavy (non-hydrogen) atoms. The van der Waals surface area contributed by atoms with E-state index in [-0.39, 0.29) is 18.1 Å². The maximum Gasteiger partial charge on any atom is 0.323 e. The molecule has 0 N–H and O–H groups in total. The molecule has 2 atom stereocenters. The minimum Gasteiger partial charge on any atom is -0.459 e. The van der Waals surface area contributed by atoms with Gasteiger partial charge in [0.25, 0.3) is 0 Å². The summed E-state index contributed by atoms with van der Waals surface area (Å²) in [5, 5.41) is 2.14. The zero-order valence-corrected chi connectivity index (χ0v) is 13.2. The van der Waals surface area contributed by atoms with Gasteiger partial charge < -0.3 is 4.74 Å². The van der Waals surface area contributed by atoms with E-state index in [0.717, 1.165) is 13.0 Å². The molecule has 2 rings (SSSR count). The molecule has 0 saturated heterocycles. The Hall–Kier alpha value is -0.870. The Bertz CT molecular complexity index is 461. The van der Waals surface area contributed by atoms with E-state index in [9.17, 15) is 4.79 Å². The van der Waals surface area contributed by atoms with Crippen molar-refractivity contribution >= 4 is 17.3 Å². The summed E-state index contributed by atoms with van der Waals surface area (Å²) < 4.78 is 5.49. The van der Waals surface area contributed by atoms with E-state index >= 15 is 0 Å². The molecule has 3 nitrogen and oxygen atoms in total. The largest absolute Gasteiger partial charge is 0.459 e. The van der Waals surface area contributed by atoms with Crippen LogP contribution in [-0.2, 0) is 16.0 Å². The number of ether oxygens (including phenoxy) is 1. The predicted molar refractivity (Wildman–Crippen MR) is 78.5 cm³/mol. The van der Waals surface area contributed by atoms with Crippen molar-refractivity contribution in [3.05, 3.63) is 21.9 Å². The van der Waals surface area contributed by atoms with Gasteiger partial charge in [-0.1, -0.05) is 0 Å². The van der Waals surface area contributed by atoms with Crippen LogP contribution in [0.5, 0.6) is 0 Å². The van der Waals surface area contributed by atoms with Gasteiger partial charge in [0.1, 0.15) is 11.6 Å². The minimum absolute atomic E-state index is 0.127. The van der Waals surface area contributed by atoms with Crippen molar-refractivity contribution in [3.8, 4) is 0 Å². The number of hydrogen-bond donors (Lipinski definition) is 0. The fourth-order valence-corrected chi connectivity index (χ4v) is 3.54. The van der Waals surface area contributed by atoms with Crippen molar-refractivity contribution in [3.63, 3.8) is 0 Å². The number of carbonyl (C=O) groups is 1. The Morgan fingerprint density at radius 1 is 1.53 bits per heavy atom. The third-order valence-corrected chi connectivity index (χ3v) is 4.57. The highest BCUT2D eigenvalue weighted by Crippen LogP contribution is 2.34. The normalized spacial score (nSPS) is 21.8. The van der Waals surface area contributed by atoms with Gasteiger partial charge in [0.15, 0.2) is 0 Å². The summed E-state index contributed by atoms with van der Waals surface area (Å²) >= 11 is 1.82. The predicted octanol–water partition coefficient (Wildman–Crippen LogP) is 3.40. The van der Waals surface area contributed by atoms with Gasteiger partial charge in [-0.3, -0.25) is 9.69 Å². The molecule has 0 radical (unpaired) electrons. The maximum absolute atomic E-state index is 12.2. The molecular weight excluding hydrogens is 258 g/mol. The highest BCUT2D eigenvalue weighted by Gasteiger charge is 2.33. The Labute approximate surface area is 119 Å². The van der Waals surface area contributed by atoms with Crippen LogP contribution in [0.15, 0.2) is 11.4 Å². The summed E-state index contributed by atoms with van der Waals surface area (Å²) in [6.45, 7) is 10.8. The molecule has 1 aromatic rings. The first-order valence-electron chi connectivity index (χ1n) is 6.84. The lowest BCUT2D eigenvalue weighted by molar-refractivity contribution is -0.161. The van der Waals surface area contributed by atoms with E-state index in [2.05, 4.69) is 23.3 Å². The molecule has 0 spiro atoms. The zero-order valence-electron chi connectivity index (χ0n) is 12.4. The molecule has 0 aromatic carbocycles. The molecule has 2 heterocycles. The van der Waals surface area contributed by atoms with Gasteiger partial charge in [-0.15, -0.1) is 11.3 Å². The number of fused-ring (bicyclic) bond motifs is 1. The molecule has 4 heteroatoms. The van der Waals surface area contributed by atoms with Gasteiger partial charge in [-0.25, -0.2) is 0 Å². The number of hydrogen-bond acceptors (Lipinski definition) is 4. The van der Waals surface area contributed by atoms with Crippen LogP contribution in [0, 0.1) is 0 Å². The van der Waals surface area contributed by atoms with E-state index in [1.165, 1.54) is 10.4 Å². The van der Waals surface area contributed by atoms with Gasteiger partial charge in [0.05, 0.1) is 0 Å². The molecule has 2 unspecified atom stereocenters. The van der Waals surface area contributed by atoms with Crippen molar-refractivity contribution < 1.29 is 9.53 Å². The molecule has 0 amide bonds. The highest BCUT2D eigenvalue weighted by atomic mass is 32.1. The van der Waals surface area contributed by atoms with E-state index in [1.807, 2.05) is 39.0 Å². The van der Waals surface area contributed by atoms with Gasteiger partial charge in [0, 0.05) is 17.5 Å². The average Bonchev–Trinajstić information content (AvgIpc) is 2.75. The van der Waals surface area contributed by atoms with Crippen LogP contribution in [-0.4, -0.2) is 29.1 Å². The van der Waals surface area contributed by atoms with Crippen LogP contribution < -0.4 is 0 Å². The molecule has 106 valence electrons.